The van der Waals surface area contributed by atoms with Gasteiger partial charge in [-0.1, -0.05) is 265 Å². The zero-order chi connectivity index (χ0) is 38.6. The summed E-state index contributed by atoms with van der Waals surface area (Å²) in [6, 6.07) is 0.834. The minimum absolute atomic E-state index is 0. The largest absolute Gasteiger partial charge is 1.00 e. The van der Waals surface area contributed by atoms with Crippen LogP contribution in [0.5, 0.6) is 0 Å². The van der Waals surface area contributed by atoms with Crippen LogP contribution in [0.2, 0.25) is 0 Å². The van der Waals surface area contributed by atoms with Crippen LogP contribution in [0.1, 0.15) is 310 Å². The van der Waals surface area contributed by atoms with Gasteiger partial charge in [0.1, 0.15) is 0 Å². The zero-order valence-electron chi connectivity index (χ0n) is 38.9. The molecule has 0 aromatic rings. The molecule has 54 heavy (non-hydrogen) atoms. The standard InChI is InChI=1S/C52H108N.ClH/c1-6-9-12-15-18-21-24-27-30-31-34-37-40-43-46-49-52(4)53(5,50-47-44-41-38-35-32-28-25-22-19-16-13-10-7-2)51-48-45-42-39-36-33-29-26-23-20-17-14-11-8-3;/h52H,6-51H2,1-5H3;1H/q+1;/p-1. The summed E-state index contributed by atoms with van der Waals surface area (Å²) in [5.74, 6) is 0. The van der Waals surface area contributed by atoms with Crippen molar-refractivity contribution in [2.45, 2.75) is 316 Å². The number of hydrogen-bond donors (Lipinski definition) is 0. The van der Waals surface area contributed by atoms with E-state index in [-0.39, 0.29) is 12.4 Å². The van der Waals surface area contributed by atoms with Crippen molar-refractivity contribution < 1.29 is 16.9 Å². The minimum atomic E-state index is 0. The maximum Gasteiger partial charge on any atom is 0.0859 e. The van der Waals surface area contributed by atoms with Crippen molar-refractivity contribution in [1.29, 1.82) is 0 Å². The Morgan fingerprint density at radius 2 is 0.426 bits per heavy atom. The average Bonchev–Trinajstić information content (AvgIpc) is 3.16. The van der Waals surface area contributed by atoms with Crippen molar-refractivity contribution in [2.75, 3.05) is 20.1 Å². The molecule has 0 rings (SSSR count). The Labute approximate surface area is 351 Å². The summed E-state index contributed by atoms with van der Waals surface area (Å²) in [4.78, 5) is 0. The molecule has 0 aromatic carbocycles. The van der Waals surface area contributed by atoms with Crippen LogP contribution < -0.4 is 12.4 Å². The van der Waals surface area contributed by atoms with E-state index < -0.39 is 0 Å². The van der Waals surface area contributed by atoms with E-state index in [9.17, 15) is 0 Å². The highest BCUT2D eigenvalue weighted by Gasteiger charge is 2.27. The van der Waals surface area contributed by atoms with Crippen molar-refractivity contribution in [3.63, 3.8) is 0 Å². The second kappa shape index (κ2) is 47.6. The van der Waals surface area contributed by atoms with Crippen LogP contribution in [-0.4, -0.2) is 30.7 Å². The van der Waals surface area contributed by atoms with E-state index in [0.717, 1.165) is 6.04 Å². The topological polar surface area (TPSA) is 0 Å². The van der Waals surface area contributed by atoms with Gasteiger partial charge in [0.2, 0.25) is 0 Å². The summed E-state index contributed by atoms with van der Waals surface area (Å²) in [5, 5.41) is 0. The first-order chi connectivity index (χ1) is 26.1. The third-order valence-electron chi connectivity index (χ3n) is 13.3. The third kappa shape index (κ3) is 41.9. The number of unbranched alkanes of at least 4 members (excludes halogenated alkanes) is 40. The molecule has 0 amide bonds. The normalized spacial score (nSPS) is 12.4. The van der Waals surface area contributed by atoms with E-state index >= 15 is 0 Å². The molecule has 1 nitrogen and oxygen atoms in total. The van der Waals surface area contributed by atoms with Crippen LogP contribution >= 0.6 is 0 Å². The molecule has 0 aliphatic heterocycles. The molecule has 328 valence electrons. The second-order valence-electron chi connectivity index (χ2n) is 18.7. The molecule has 0 radical (unpaired) electrons. The summed E-state index contributed by atoms with van der Waals surface area (Å²) >= 11 is 0. The van der Waals surface area contributed by atoms with Crippen molar-refractivity contribution in [3.8, 4) is 0 Å². The number of halogens is 1. The average molecular weight is 783 g/mol. The second-order valence-corrected chi connectivity index (χ2v) is 18.7. The minimum Gasteiger partial charge on any atom is -1.00 e. The maximum atomic E-state index is 2.65. The molecule has 0 spiro atoms. The molecular formula is C52H108ClN. The first kappa shape index (κ1) is 56.3. The quantitative estimate of drug-likeness (QED) is 0.0426. The molecule has 1 atom stereocenters. The highest BCUT2D eigenvalue weighted by atomic mass is 35.5. The summed E-state index contributed by atoms with van der Waals surface area (Å²) in [6.07, 6.45) is 64.6. The van der Waals surface area contributed by atoms with Crippen molar-refractivity contribution in [3.05, 3.63) is 0 Å². The molecule has 0 aromatic heterocycles. The fourth-order valence-corrected chi connectivity index (χ4v) is 9.01. The summed E-state index contributed by atoms with van der Waals surface area (Å²) in [6.45, 7) is 12.4. The Morgan fingerprint density at radius 1 is 0.259 bits per heavy atom. The number of rotatable bonds is 47. The van der Waals surface area contributed by atoms with Crippen molar-refractivity contribution >= 4 is 0 Å². The Balaban J connectivity index is 0. The zero-order valence-corrected chi connectivity index (χ0v) is 39.7. The SMILES string of the molecule is CCCCCCCCCCCCCCCCCC(C)[N+](C)(CCCCCCCCCCCCCCCC)CCCCCCCCCCCCCCCC.[Cl-]. The first-order valence-corrected chi connectivity index (χ1v) is 25.9. The monoisotopic (exact) mass is 782 g/mol. The van der Waals surface area contributed by atoms with Gasteiger partial charge in [-0.05, 0) is 45.4 Å². The van der Waals surface area contributed by atoms with E-state index in [2.05, 4.69) is 34.7 Å². The van der Waals surface area contributed by atoms with Crippen LogP contribution in [0, 0.1) is 0 Å². The Kier molecular flexibility index (Phi) is 49.7. The molecular weight excluding hydrogens is 674 g/mol. The number of hydrogen-bond acceptors (Lipinski definition) is 0. The molecule has 0 N–H and O–H groups in total. The number of quaternary nitrogens is 1. The predicted octanol–water partition coefficient (Wildman–Crippen LogP) is 16.0. The first-order valence-electron chi connectivity index (χ1n) is 25.9. The summed E-state index contributed by atoms with van der Waals surface area (Å²) in [7, 11) is 2.65. The lowest BCUT2D eigenvalue weighted by molar-refractivity contribution is -0.932. The van der Waals surface area contributed by atoms with Gasteiger partial charge in [-0.25, -0.2) is 0 Å². The van der Waals surface area contributed by atoms with Gasteiger partial charge in [0.05, 0.1) is 26.2 Å². The van der Waals surface area contributed by atoms with E-state index in [0.29, 0.717) is 0 Å². The molecule has 0 bridgehead atoms. The van der Waals surface area contributed by atoms with Crippen LogP contribution in [0.3, 0.4) is 0 Å². The van der Waals surface area contributed by atoms with E-state index in [1.807, 2.05) is 0 Å². The summed E-state index contributed by atoms with van der Waals surface area (Å²) in [5.41, 5.74) is 0. The highest BCUT2D eigenvalue weighted by Crippen LogP contribution is 2.23. The van der Waals surface area contributed by atoms with E-state index in [1.165, 1.54) is 300 Å². The van der Waals surface area contributed by atoms with Crippen LogP contribution in [-0.2, 0) is 0 Å². The fraction of sp³-hybridized carbons (Fsp3) is 1.00. The Morgan fingerprint density at radius 3 is 0.630 bits per heavy atom. The van der Waals surface area contributed by atoms with Crippen molar-refractivity contribution in [1.82, 2.24) is 0 Å². The third-order valence-corrected chi connectivity index (χ3v) is 13.3. The van der Waals surface area contributed by atoms with Gasteiger partial charge >= 0.3 is 0 Å². The smallest absolute Gasteiger partial charge is 0.0859 e. The van der Waals surface area contributed by atoms with Crippen LogP contribution in [0.25, 0.3) is 0 Å². The van der Waals surface area contributed by atoms with Gasteiger partial charge in [-0.3, -0.25) is 0 Å². The van der Waals surface area contributed by atoms with Gasteiger partial charge in [-0.2, -0.15) is 0 Å². The fourth-order valence-electron chi connectivity index (χ4n) is 9.01. The molecule has 0 aliphatic carbocycles. The van der Waals surface area contributed by atoms with Crippen LogP contribution in [0.4, 0.5) is 0 Å². The maximum absolute atomic E-state index is 2.65. The summed E-state index contributed by atoms with van der Waals surface area (Å²) < 4.78 is 1.36. The lowest BCUT2D eigenvalue weighted by Crippen LogP contribution is -3.00. The van der Waals surface area contributed by atoms with Gasteiger partial charge in [-0.15, -0.1) is 0 Å². The van der Waals surface area contributed by atoms with Gasteiger partial charge in [0.25, 0.3) is 0 Å². The van der Waals surface area contributed by atoms with Gasteiger partial charge in [0, 0.05) is 0 Å². The highest BCUT2D eigenvalue weighted by molar-refractivity contribution is 4.59. The molecule has 0 fully saturated rings. The van der Waals surface area contributed by atoms with Crippen LogP contribution in [0.15, 0.2) is 0 Å². The van der Waals surface area contributed by atoms with E-state index in [4.69, 9.17) is 0 Å². The lowest BCUT2D eigenvalue weighted by Gasteiger charge is -2.41. The molecule has 2 heteroatoms. The van der Waals surface area contributed by atoms with Gasteiger partial charge in [0.15, 0.2) is 0 Å². The molecule has 0 heterocycles. The lowest BCUT2D eigenvalue weighted by atomic mass is 10.0. The van der Waals surface area contributed by atoms with Gasteiger partial charge < -0.3 is 16.9 Å². The predicted molar refractivity (Wildman–Crippen MR) is 246 cm³/mol. The van der Waals surface area contributed by atoms with E-state index in [1.54, 1.807) is 0 Å². The van der Waals surface area contributed by atoms with Crippen molar-refractivity contribution in [2.24, 2.45) is 0 Å². The number of nitrogens with zero attached hydrogens (tertiary/aromatic N) is 1. The molecule has 0 saturated heterocycles. The molecule has 0 saturated carbocycles. The molecule has 1 unspecified atom stereocenters. The Bertz CT molecular complexity index is 616. The molecule has 0 aliphatic rings. The Hall–Kier alpha value is 0.250.